The number of allylic oxidation sites excluding steroid dienone is 1. The Kier molecular flexibility index (Phi) is 7.40. The van der Waals surface area contributed by atoms with Crippen molar-refractivity contribution in [3.8, 4) is 0 Å². The van der Waals surface area contributed by atoms with Gasteiger partial charge in [-0.05, 0) is 75.7 Å². The van der Waals surface area contributed by atoms with Crippen LogP contribution in [0.15, 0.2) is 49.3 Å². The molecular weight excluding hydrogens is 358 g/mol. The van der Waals surface area contributed by atoms with E-state index in [0.717, 1.165) is 37.7 Å². The molecule has 5 N–H and O–H groups in total. The highest BCUT2D eigenvalue weighted by molar-refractivity contribution is 5.81. The molecule has 5 nitrogen and oxygen atoms in total. The summed E-state index contributed by atoms with van der Waals surface area (Å²) in [6, 6.07) is 9.67. The molecule has 0 bridgehead atoms. The zero-order chi connectivity index (χ0) is 20.8. The lowest BCUT2D eigenvalue weighted by Gasteiger charge is -2.31. The number of piperidine rings is 1. The van der Waals surface area contributed by atoms with Gasteiger partial charge in [0.05, 0.1) is 12.4 Å². The van der Waals surface area contributed by atoms with E-state index >= 15 is 0 Å². The van der Waals surface area contributed by atoms with Crippen LogP contribution in [0.4, 0.5) is 0 Å². The van der Waals surface area contributed by atoms with Gasteiger partial charge in [-0.1, -0.05) is 24.3 Å². The molecule has 0 spiro atoms. The minimum atomic E-state index is 0.475. The fraction of sp³-hybridized carbons (Fsp3) is 0.500. The van der Waals surface area contributed by atoms with Crippen molar-refractivity contribution in [1.29, 1.82) is 0 Å². The minimum absolute atomic E-state index is 0.475. The van der Waals surface area contributed by atoms with E-state index in [0.29, 0.717) is 12.1 Å². The van der Waals surface area contributed by atoms with Crippen LogP contribution in [-0.2, 0) is 6.54 Å². The van der Waals surface area contributed by atoms with Crippen LogP contribution in [-0.4, -0.2) is 42.1 Å². The minimum Gasteiger partial charge on any atom is -0.368 e. The number of nitrogens with two attached hydrogens (primary N) is 1. The highest BCUT2D eigenvalue weighted by Gasteiger charge is 2.22. The van der Waals surface area contributed by atoms with Gasteiger partial charge in [0, 0.05) is 29.8 Å². The van der Waals surface area contributed by atoms with Crippen molar-refractivity contribution < 1.29 is 0 Å². The predicted octanol–water partition coefficient (Wildman–Crippen LogP) is 3.63. The molecule has 158 valence electrons. The molecule has 1 saturated heterocycles. The molecule has 1 unspecified atom stereocenters. The van der Waals surface area contributed by atoms with Gasteiger partial charge in [-0.25, -0.2) is 0 Å². The average Bonchev–Trinajstić information content (AvgIpc) is 3.06. The van der Waals surface area contributed by atoms with Crippen LogP contribution in [0.2, 0.25) is 0 Å². The lowest BCUT2D eigenvalue weighted by molar-refractivity contribution is 0.233. The van der Waals surface area contributed by atoms with Gasteiger partial charge in [-0.2, -0.15) is 0 Å². The first-order valence-electron chi connectivity index (χ1n) is 10.8. The monoisotopic (exact) mass is 395 g/mol. The van der Waals surface area contributed by atoms with Crippen LogP contribution in [0.3, 0.4) is 0 Å². The summed E-state index contributed by atoms with van der Waals surface area (Å²) in [4.78, 5) is 5.82. The number of H-pyrrole nitrogens is 1. The molecule has 1 aliphatic heterocycles. The predicted molar refractivity (Wildman–Crippen MR) is 124 cm³/mol. The molecule has 5 heteroatoms. The number of rotatable bonds is 6. The smallest absolute Gasteiger partial charge is 0.0918 e. The summed E-state index contributed by atoms with van der Waals surface area (Å²) in [7, 11) is 2.18. The summed E-state index contributed by atoms with van der Waals surface area (Å²) in [5.41, 5.74) is 9.16. The number of likely N-dealkylation sites (N-methyl/N-ethyl adjacent to an activating group) is 1. The first-order chi connectivity index (χ1) is 13.9. The van der Waals surface area contributed by atoms with E-state index in [1.807, 2.05) is 6.08 Å². The first kappa shape index (κ1) is 21.5. The Morgan fingerprint density at radius 1 is 1.34 bits per heavy atom. The number of aromatic amines is 1. The molecule has 29 heavy (non-hydrogen) atoms. The van der Waals surface area contributed by atoms with E-state index < -0.39 is 0 Å². The van der Waals surface area contributed by atoms with Gasteiger partial charge < -0.3 is 26.3 Å². The standard InChI is InChI=1S/C18H26N4.C6H11N/c1-13-6-7-18-15(9-13)10-17(21-18)11-19-14(2)20-16-5-4-8-22(3)12-16;1-2-5-3-6(7)4-5/h6-7,9-10,16,19-21H,2,4-5,8,11-12H2,1,3H3;2,5-6H,1,3-4,7H2. The summed E-state index contributed by atoms with van der Waals surface area (Å²) < 4.78 is 0. The molecule has 2 fully saturated rings. The van der Waals surface area contributed by atoms with Crippen molar-refractivity contribution in [2.75, 3.05) is 20.1 Å². The van der Waals surface area contributed by atoms with Gasteiger partial charge in [0.1, 0.15) is 0 Å². The van der Waals surface area contributed by atoms with E-state index in [1.165, 1.54) is 41.5 Å². The Hall–Kier alpha value is -2.24. The van der Waals surface area contributed by atoms with Crippen LogP contribution < -0.4 is 16.4 Å². The quantitative estimate of drug-likeness (QED) is 0.564. The maximum atomic E-state index is 5.50. The van der Waals surface area contributed by atoms with Crippen molar-refractivity contribution in [1.82, 2.24) is 20.5 Å². The van der Waals surface area contributed by atoms with Gasteiger partial charge in [-0.3, -0.25) is 0 Å². The summed E-state index contributed by atoms with van der Waals surface area (Å²) in [6.45, 7) is 12.9. The second-order valence-corrected chi connectivity index (χ2v) is 8.69. The average molecular weight is 396 g/mol. The van der Waals surface area contributed by atoms with E-state index in [4.69, 9.17) is 5.73 Å². The van der Waals surface area contributed by atoms with Crippen LogP contribution in [0, 0.1) is 12.8 Å². The fourth-order valence-corrected chi connectivity index (χ4v) is 4.09. The third kappa shape index (κ3) is 6.38. The van der Waals surface area contributed by atoms with Crippen LogP contribution in [0.1, 0.15) is 36.9 Å². The van der Waals surface area contributed by atoms with Crippen LogP contribution in [0.5, 0.6) is 0 Å². The highest BCUT2D eigenvalue weighted by Crippen LogP contribution is 2.25. The molecule has 1 aromatic carbocycles. The number of likely N-dealkylation sites (tertiary alicyclic amines) is 1. The SMILES string of the molecule is C=C(NCc1cc2cc(C)ccc2[nH]1)NC1CCCN(C)C1.C=CC1CC(N)C1. The summed E-state index contributed by atoms with van der Waals surface area (Å²) in [6.07, 6.45) is 6.77. The molecule has 1 atom stereocenters. The highest BCUT2D eigenvalue weighted by atomic mass is 15.2. The number of fused-ring (bicyclic) bond motifs is 1. The zero-order valence-electron chi connectivity index (χ0n) is 18.0. The second-order valence-electron chi connectivity index (χ2n) is 8.69. The maximum Gasteiger partial charge on any atom is 0.0918 e. The number of aryl methyl sites for hydroxylation is 1. The topological polar surface area (TPSA) is 69.1 Å². The molecule has 1 aromatic heterocycles. The van der Waals surface area contributed by atoms with E-state index in [1.54, 1.807) is 0 Å². The number of nitrogens with one attached hydrogen (secondary N) is 3. The van der Waals surface area contributed by atoms with E-state index in [-0.39, 0.29) is 0 Å². The molecule has 1 saturated carbocycles. The Labute approximate surface area is 175 Å². The van der Waals surface area contributed by atoms with Crippen LogP contribution in [0.25, 0.3) is 10.9 Å². The Morgan fingerprint density at radius 2 is 2.14 bits per heavy atom. The Morgan fingerprint density at radius 3 is 2.79 bits per heavy atom. The third-order valence-electron chi connectivity index (χ3n) is 5.87. The normalized spacial score (nSPS) is 24.2. The number of hydrogen-bond acceptors (Lipinski definition) is 4. The van der Waals surface area contributed by atoms with Gasteiger partial charge >= 0.3 is 0 Å². The molecular formula is C24H37N5. The van der Waals surface area contributed by atoms with Crippen LogP contribution >= 0.6 is 0 Å². The van der Waals surface area contributed by atoms with Crippen molar-refractivity contribution in [3.63, 3.8) is 0 Å². The molecule has 1 aliphatic carbocycles. The van der Waals surface area contributed by atoms with Gasteiger partial charge in [-0.15, -0.1) is 6.58 Å². The van der Waals surface area contributed by atoms with Crippen molar-refractivity contribution in [3.05, 3.63) is 60.6 Å². The van der Waals surface area contributed by atoms with Gasteiger partial charge in [0.2, 0.25) is 0 Å². The Balaban J connectivity index is 0.000000290. The fourth-order valence-electron chi connectivity index (χ4n) is 4.09. The van der Waals surface area contributed by atoms with E-state index in [2.05, 4.69) is 71.9 Å². The first-order valence-corrected chi connectivity index (χ1v) is 10.8. The number of aromatic nitrogens is 1. The van der Waals surface area contributed by atoms with Gasteiger partial charge in [0.15, 0.2) is 0 Å². The van der Waals surface area contributed by atoms with Gasteiger partial charge in [0.25, 0.3) is 0 Å². The van der Waals surface area contributed by atoms with Crippen molar-refractivity contribution in [2.24, 2.45) is 11.7 Å². The van der Waals surface area contributed by atoms with Crippen molar-refractivity contribution in [2.45, 2.75) is 51.2 Å². The van der Waals surface area contributed by atoms with E-state index in [9.17, 15) is 0 Å². The number of nitrogens with zero attached hydrogens (tertiary/aromatic N) is 1. The lowest BCUT2D eigenvalue weighted by atomic mass is 9.81. The zero-order valence-corrected chi connectivity index (χ0v) is 18.0. The maximum absolute atomic E-state index is 5.50. The molecule has 0 radical (unpaired) electrons. The molecule has 2 aromatic rings. The summed E-state index contributed by atoms with van der Waals surface area (Å²) >= 11 is 0. The lowest BCUT2D eigenvalue weighted by Crippen LogP contribution is -2.45. The Bertz CT molecular complexity index is 818. The molecule has 4 rings (SSSR count). The van der Waals surface area contributed by atoms with Crippen molar-refractivity contribution >= 4 is 10.9 Å². The second kappa shape index (κ2) is 9.99. The summed E-state index contributed by atoms with van der Waals surface area (Å²) in [5.74, 6) is 1.64. The largest absolute Gasteiger partial charge is 0.368 e. The third-order valence-corrected chi connectivity index (χ3v) is 5.87. The number of hydrogen-bond donors (Lipinski definition) is 4. The number of benzene rings is 1. The molecule has 2 aliphatic rings. The summed E-state index contributed by atoms with van der Waals surface area (Å²) in [5, 5.41) is 8.15. The molecule has 0 amide bonds. The molecule has 2 heterocycles.